The number of thiophene rings is 1. The van der Waals surface area contributed by atoms with Gasteiger partial charge in [0.1, 0.15) is 5.82 Å². The Balaban J connectivity index is 2.25. The Morgan fingerprint density at radius 1 is 1.53 bits per heavy atom. The van der Waals surface area contributed by atoms with Crippen LogP contribution in [0.3, 0.4) is 0 Å². The van der Waals surface area contributed by atoms with E-state index >= 15 is 0 Å². The molecule has 6 heteroatoms. The predicted octanol–water partition coefficient (Wildman–Crippen LogP) is 2.69. The molecule has 2 heterocycles. The lowest BCUT2D eigenvalue weighted by Crippen LogP contribution is -2.20. The molecule has 0 amide bonds. The molecular weight excluding hydrogens is 324 g/mol. The van der Waals surface area contributed by atoms with Crippen molar-refractivity contribution in [2.24, 2.45) is 12.8 Å². The molecule has 19 heavy (non-hydrogen) atoms. The maximum Gasteiger partial charge on any atom is 0.130 e. The normalized spacial score (nSPS) is 11.0. The molecule has 0 saturated carbocycles. The van der Waals surface area contributed by atoms with Crippen molar-refractivity contribution in [3.8, 4) is 0 Å². The molecule has 0 unspecified atom stereocenters. The lowest BCUT2D eigenvalue weighted by atomic mass is 10.1. The molecule has 4 nitrogen and oxygen atoms in total. The summed E-state index contributed by atoms with van der Waals surface area (Å²) in [5, 5.41) is 6.62. The summed E-state index contributed by atoms with van der Waals surface area (Å²) < 4.78 is 3.09. The van der Waals surface area contributed by atoms with E-state index in [-0.39, 0.29) is 0 Å². The lowest BCUT2D eigenvalue weighted by molar-refractivity contribution is 0.727. The SMILES string of the molecule is Cc1nn(C)c(N(C)Cc2cc(Br)cs2)c1CCN. The minimum absolute atomic E-state index is 0.651. The number of hydrogen-bond acceptors (Lipinski definition) is 4. The zero-order valence-corrected chi connectivity index (χ0v) is 13.9. The van der Waals surface area contributed by atoms with Gasteiger partial charge in [0.15, 0.2) is 0 Å². The molecule has 0 aliphatic rings. The van der Waals surface area contributed by atoms with Gasteiger partial charge < -0.3 is 10.6 Å². The van der Waals surface area contributed by atoms with Crippen molar-refractivity contribution in [2.75, 3.05) is 18.5 Å². The van der Waals surface area contributed by atoms with Crippen molar-refractivity contribution in [1.82, 2.24) is 9.78 Å². The second-order valence-electron chi connectivity index (χ2n) is 4.64. The molecule has 0 atom stereocenters. The molecule has 0 spiro atoms. The zero-order chi connectivity index (χ0) is 14.0. The highest BCUT2D eigenvalue weighted by atomic mass is 79.9. The summed E-state index contributed by atoms with van der Waals surface area (Å²) in [6, 6.07) is 2.16. The molecule has 2 N–H and O–H groups in total. The average molecular weight is 343 g/mol. The zero-order valence-electron chi connectivity index (χ0n) is 11.5. The monoisotopic (exact) mass is 342 g/mol. The topological polar surface area (TPSA) is 47.1 Å². The van der Waals surface area contributed by atoms with Crippen LogP contribution in [0.4, 0.5) is 5.82 Å². The van der Waals surface area contributed by atoms with Crippen LogP contribution in [-0.4, -0.2) is 23.4 Å². The molecule has 2 aromatic heterocycles. The highest BCUT2D eigenvalue weighted by Gasteiger charge is 2.16. The molecule has 0 aliphatic heterocycles. The number of aromatic nitrogens is 2. The number of halogens is 1. The van der Waals surface area contributed by atoms with Crippen LogP contribution in [0.15, 0.2) is 15.9 Å². The summed E-state index contributed by atoms with van der Waals surface area (Å²) in [4.78, 5) is 3.57. The lowest BCUT2D eigenvalue weighted by Gasteiger charge is -2.20. The van der Waals surface area contributed by atoms with Gasteiger partial charge in [-0.05, 0) is 41.9 Å². The molecular formula is C13H19BrN4S. The van der Waals surface area contributed by atoms with E-state index in [9.17, 15) is 0 Å². The fourth-order valence-electron chi connectivity index (χ4n) is 2.35. The Morgan fingerprint density at radius 2 is 2.26 bits per heavy atom. The van der Waals surface area contributed by atoms with Crippen molar-refractivity contribution in [2.45, 2.75) is 19.9 Å². The first-order valence-corrected chi connectivity index (χ1v) is 7.86. The van der Waals surface area contributed by atoms with Gasteiger partial charge in [-0.1, -0.05) is 0 Å². The molecule has 2 rings (SSSR count). The van der Waals surface area contributed by atoms with Crippen molar-refractivity contribution in [3.05, 3.63) is 32.1 Å². The van der Waals surface area contributed by atoms with Gasteiger partial charge in [0.25, 0.3) is 0 Å². The smallest absolute Gasteiger partial charge is 0.130 e. The van der Waals surface area contributed by atoms with Crippen molar-refractivity contribution >= 4 is 33.1 Å². The second kappa shape index (κ2) is 6.07. The quantitative estimate of drug-likeness (QED) is 0.908. The largest absolute Gasteiger partial charge is 0.355 e. The highest BCUT2D eigenvalue weighted by molar-refractivity contribution is 9.10. The van der Waals surface area contributed by atoms with Crippen LogP contribution in [0.1, 0.15) is 16.1 Å². The molecule has 0 saturated heterocycles. The second-order valence-corrected chi connectivity index (χ2v) is 6.55. The van der Waals surface area contributed by atoms with Gasteiger partial charge >= 0.3 is 0 Å². The summed E-state index contributed by atoms with van der Waals surface area (Å²) in [5.41, 5.74) is 8.03. The van der Waals surface area contributed by atoms with Gasteiger partial charge in [0.05, 0.1) is 12.2 Å². The minimum atomic E-state index is 0.651. The number of nitrogens with two attached hydrogens (primary N) is 1. The highest BCUT2D eigenvalue weighted by Crippen LogP contribution is 2.26. The van der Waals surface area contributed by atoms with E-state index in [4.69, 9.17) is 5.73 Å². The van der Waals surface area contributed by atoms with Gasteiger partial charge in [-0.25, -0.2) is 0 Å². The fraction of sp³-hybridized carbons (Fsp3) is 0.462. The molecule has 0 radical (unpaired) electrons. The van der Waals surface area contributed by atoms with E-state index in [1.165, 1.54) is 10.4 Å². The van der Waals surface area contributed by atoms with Crippen LogP contribution < -0.4 is 10.6 Å². The molecule has 0 bridgehead atoms. The van der Waals surface area contributed by atoms with Gasteiger partial charge in [0.2, 0.25) is 0 Å². The Hall–Kier alpha value is -0.850. The fourth-order valence-corrected chi connectivity index (χ4v) is 3.85. The molecule has 0 aromatic carbocycles. The van der Waals surface area contributed by atoms with E-state index in [1.54, 1.807) is 11.3 Å². The van der Waals surface area contributed by atoms with Gasteiger partial charge in [-0.2, -0.15) is 5.10 Å². The first kappa shape index (κ1) is 14.6. The van der Waals surface area contributed by atoms with Crippen LogP contribution in [0.25, 0.3) is 0 Å². The van der Waals surface area contributed by atoms with Crippen LogP contribution in [0.5, 0.6) is 0 Å². The first-order chi connectivity index (χ1) is 9.02. The van der Waals surface area contributed by atoms with E-state index in [0.717, 1.165) is 29.0 Å². The summed E-state index contributed by atoms with van der Waals surface area (Å²) in [6.07, 6.45) is 0.869. The van der Waals surface area contributed by atoms with E-state index in [1.807, 2.05) is 18.7 Å². The van der Waals surface area contributed by atoms with Crippen LogP contribution in [0.2, 0.25) is 0 Å². The first-order valence-electron chi connectivity index (χ1n) is 6.19. The minimum Gasteiger partial charge on any atom is -0.355 e. The maximum atomic E-state index is 5.70. The maximum absolute atomic E-state index is 5.70. The summed E-state index contributed by atoms with van der Waals surface area (Å²) in [6.45, 7) is 3.58. The molecule has 0 aliphatic carbocycles. The molecule has 104 valence electrons. The predicted molar refractivity (Wildman–Crippen MR) is 84.8 cm³/mol. The van der Waals surface area contributed by atoms with E-state index in [0.29, 0.717) is 6.54 Å². The average Bonchev–Trinajstić information content (AvgIpc) is 2.84. The van der Waals surface area contributed by atoms with Crippen LogP contribution in [0, 0.1) is 6.92 Å². The Bertz CT molecular complexity index is 561. The molecule has 0 fully saturated rings. The number of aryl methyl sites for hydroxylation is 2. The van der Waals surface area contributed by atoms with Crippen LogP contribution in [-0.2, 0) is 20.0 Å². The third-order valence-electron chi connectivity index (χ3n) is 3.08. The van der Waals surface area contributed by atoms with E-state index < -0.39 is 0 Å². The Labute approximate surface area is 126 Å². The summed E-state index contributed by atoms with van der Waals surface area (Å²) in [7, 11) is 4.09. The van der Waals surface area contributed by atoms with Gasteiger partial charge in [0, 0.05) is 34.4 Å². The van der Waals surface area contributed by atoms with E-state index in [2.05, 4.69) is 44.4 Å². The van der Waals surface area contributed by atoms with Crippen molar-refractivity contribution in [1.29, 1.82) is 0 Å². The number of hydrogen-bond donors (Lipinski definition) is 1. The van der Waals surface area contributed by atoms with Crippen molar-refractivity contribution < 1.29 is 0 Å². The summed E-state index contributed by atoms with van der Waals surface area (Å²) in [5.74, 6) is 1.16. The van der Waals surface area contributed by atoms with Crippen molar-refractivity contribution in [3.63, 3.8) is 0 Å². The number of nitrogens with zero attached hydrogens (tertiary/aromatic N) is 3. The number of rotatable bonds is 5. The van der Waals surface area contributed by atoms with Gasteiger partial charge in [-0.15, -0.1) is 11.3 Å². The third kappa shape index (κ3) is 3.19. The number of anilines is 1. The Kier molecular flexibility index (Phi) is 4.65. The standard InChI is InChI=1S/C13H19BrN4S/c1-9-12(4-5-15)13(18(3)16-9)17(2)7-11-6-10(14)8-19-11/h6,8H,4-5,7,15H2,1-3H3. The molecule has 2 aromatic rings. The van der Waals surface area contributed by atoms with Gasteiger partial charge in [-0.3, -0.25) is 4.68 Å². The third-order valence-corrected chi connectivity index (χ3v) is 4.77. The Morgan fingerprint density at radius 3 is 2.84 bits per heavy atom. The van der Waals surface area contributed by atoms with Crippen LogP contribution >= 0.6 is 27.3 Å². The summed E-state index contributed by atoms with van der Waals surface area (Å²) >= 11 is 5.26.